The van der Waals surface area contributed by atoms with Crippen LogP contribution in [-0.2, 0) is 24.1 Å². The number of carbonyl (C=O) groups excluding carboxylic acids is 1. The van der Waals surface area contributed by atoms with E-state index in [0.717, 1.165) is 13.0 Å². The van der Waals surface area contributed by atoms with Gasteiger partial charge in [-0.3, -0.25) is 4.79 Å². The maximum Gasteiger partial charge on any atom is 0.307 e. The molecule has 0 amide bonds. The minimum Gasteiger partial charge on any atom is -0.465 e. The van der Waals surface area contributed by atoms with Crippen molar-refractivity contribution in [2.45, 2.75) is 18.9 Å². The lowest BCUT2D eigenvalue weighted by molar-refractivity contribution is -0.145. The van der Waals surface area contributed by atoms with Gasteiger partial charge in [0.15, 0.2) is 9.84 Å². The van der Waals surface area contributed by atoms with Crippen LogP contribution in [0.5, 0.6) is 0 Å². The van der Waals surface area contributed by atoms with Crippen molar-refractivity contribution in [3.63, 3.8) is 0 Å². The van der Waals surface area contributed by atoms with E-state index in [1.54, 1.807) is 0 Å². The van der Waals surface area contributed by atoms with Crippen LogP contribution in [0.3, 0.4) is 0 Å². The minimum atomic E-state index is -3.00. The maximum absolute atomic E-state index is 11.6. The van der Waals surface area contributed by atoms with Crippen molar-refractivity contribution in [3.05, 3.63) is 0 Å². The molecule has 0 radical (unpaired) electrons. The fourth-order valence-electron chi connectivity index (χ4n) is 2.18. The summed E-state index contributed by atoms with van der Waals surface area (Å²) < 4.78 is 33.1. The molecule has 0 spiro atoms. The Bertz CT molecular complexity index is 388. The molecule has 6 nitrogen and oxygen atoms in total. The lowest BCUT2D eigenvalue weighted by Crippen LogP contribution is -2.46. The van der Waals surface area contributed by atoms with Crippen LogP contribution >= 0.6 is 0 Å². The van der Waals surface area contributed by atoms with Crippen molar-refractivity contribution in [2.24, 2.45) is 5.92 Å². The molecule has 0 aromatic heterocycles. The van der Waals surface area contributed by atoms with Crippen LogP contribution in [0.4, 0.5) is 0 Å². The van der Waals surface area contributed by atoms with Crippen LogP contribution < -0.4 is 5.32 Å². The number of rotatable bonds is 4. The van der Waals surface area contributed by atoms with Crippen LogP contribution in [0.2, 0.25) is 0 Å². The van der Waals surface area contributed by atoms with Gasteiger partial charge in [0, 0.05) is 25.1 Å². The Kier molecular flexibility index (Phi) is 4.58. The molecule has 0 bridgehead atoms. The van der Waals surface area contributed by atoms with E-state index in [1.807, 2.05) is 0 Å². The third kappa shape index (κ3) is 4.22. The first-order valence-corrected chi connectivity index (χ1v) is 8.04. The summed E-state index contributed by atoms with van der Waals surface area (Å²) in [7, 11) is -3.00. The Morgan fingerprint density at radius 1 is 1.44 bits per heavy atom. The molecule has 2 saturated heterocycles. The van der Waals surface area contributed by atoms with Crippen molar-refractivity contribution >= 4 is 15.8 Å². The second kappa shape index (κ2) is 5.99. The number of hydrogen-bond donors (Lipinski definition) is 1. The van der Waals surface area contributed by atoms with E-state index in [2.05, 4.69) is 5.32 Å². The Balaban J connectivity index is 1.70. The largest absolute Gasteiger partial charge is 0.465 e. The quantitative estimate of drug-likeness (QED) is 0.687. The van der Waals surface area contributed by atoms with Gasteiger partial charge in [0.25, 0.3) is 0 Å². The van der Waals surface area contributed by atoms with Crippen LogP contribution in [0.25, 0.3) is 0 Å². The van der Waals surface area contributed by atoms with Gasteiger partial charge in [-0.25, -0.2) is 8.42 Å². The summed E-state index contributed by atoms with van der Waals surface area (Å²) in [6.45, 7) is 2.16. The zero-order valence-electron chi connectivity index (χ0n) is 10.3. The molecule has 2 unspecified atom stereocenters. The molecule has 18 heavy (non-hydrogen) atoms. The van der Waals surface area contributed by atoms with Crippen molar-refractivity contribution in [2.75, 3.05) is 37.9 Å². The molecular weight excluding hydrogens is 258 g/mol. The molecule has 2 fully saturated rings. The fraction of sp³-hybridized carbons (Fsp3) is 0.909. The predicted molar refractivity (Wildman–Crippen MR) is 64.9 cm³/mol. The highest BCUT2D eigenvalue weighted by Gasteiger charge is 2.27. The maximum atomic E-state index is 11.6. The topological polar surface area (TPSA) is 81.7 Å². The first kappa shape index (κ1) is 13.8. The molecule has 2 atom stereocenters. The van der Waals surface area contributed by atoms with E-state index in [4.69, 9.17) is 9.47 Å². The number of esters is 1. The van der Waals surface area contributed by atoms with Crippen LogP contribution in [0.1, 0.15) is 12.8 Å². The van der Waals surface area contributed by atoms with Crippen molar-refractivity contribution in [1.29, 1.82) is 0 Å². The van der Waals surface area contributed by atoms with Gasteiger partial charge >= 0.3 is 5.97 Å². The molecule has 2 aliphatic heterocycles. The lowest BCUT2D eigenvalue weighted by atomic mass is 10.1. The number of sulfone groups is 1. The predicted octanol–water partition coefficient (Wildman–Crippen LogP) is -0.657. The third-order valence-corrected chi connectivity index (χ3v) is 4.95. The summed E-state index contributed by atoms with van der Waals surface area (Å²) >= 11 is 0. The second-order valence-corrected chi connectivity index (χ2v) is 7.11. The van der Waals surface area contributed by atoms with Crippen LogP contribution in [0, 0.1) is 5.92 Å². The average Bonchev–Trinajstić information content (AvgIpc) is 2.77. The normalized spacial score (nSPS) is 31.1. The monoisotopic (exact) mass is 277 g/mol. The minimum absolute atomic E-state index is 0.0225. The third-order valence-electron chi connectivity index (χ3n) is 3.22. The van der Waals surface area contributed by atoms with Crippen LogP contribution in [-0.4, -0.2) is 58.3 Å². The van der Waals surface area contributed by atoms with Gasteiger partial charge in [-0.2, -0.15) is 0 Å². The summed E-state index contributed by atoms with van der Waals surface area (Å²) in [5, 5.41) is 3.03. The van der Waals surface area contributed by atoms with E-state index >= 15 is 0 Å². The molecule has 104 valence electrons. The van der Waals surface area contributed by atoms with E-state index in [9.17, 15) is 13.2 Å². The highest BCUT2D eigenvalue weighted by Crippen LogP contribution is 2.13. The Morgan fingerprint density at radius 3 is 2.94 bits per heavy atom. The summed E-state index contributed by atoms with van der Waals surface area (Å²) in [5.74, 6) is 0.126. The van der Waals surface area contributed by atoms with Gasteiger partial charge in [0.2, 0.25) is 0 Å². The second-order valence-electron chi connectivity index (χ2n) is 4.88. The summed E-state index contributed by atoms with van der Waals surface area (Å²) in [6, 6.07) is -0.309. The highest BCUT2D eigenvalue weighted by molar-refractivity contribution is 7.91. The van der Waals surface area contributed by atoms with Gasteiger partial charge < -0.3 is 14.8 Å². The first-order chi connectivity index (χ1) is 8.55. The van der Waals surface area contributed by atoms with Crippen LogP contribution in [0.15, 0.2) is 0 Å². The van der Waals surface area contributed by atoms with Gasteiger partial charge in [-0.15, -0.1) is 0 Å². The Labute approximate surface area is 107 Å². The summed E-state index contributed by atoms with van der Waals surface area (Å²) in [4.78, 5) is 11.6. The SMILES string of the molecule is O=C(CC1CS(=O)(=O)CCN1)OCC1CCOC1. The molecule has 0 aliphatic carbocycles. The van der Waals surface area contributed by atoms with Gasteiger partial charge in [-0.05, 0) is 6.42 Å². The smallest absolute Gasteiger partial charge is 0.307 e. The standard InChI is InChI=1S/C11H19NO5S/c13-11(17-7-9-1-3-16-6-9)5-10-8-18(14,15)4-2-12-10/h9-10,12H,1-8H2. The van der Waals surface area contributed by atoms with Gasteiger partial charge in [0.05, 0.1) is 31.1 Å². The van der Waals surface area contributed by atoms with E-state index < -0.39 is 9.84 Å². The van der Waals surface area contributed by atoms with Crippen molar-refractivity contribution < 1.29 is 22.7 Å². The number of nitrogens with one attached hydrogen (secondary N) is 1. The molecule has 0 aromatic carbocycles. The van der Waals surface area contributed by atoms with Gasteiger partial charge in [0.1, 0.15) is 0 Å². The molecule has 2 rings (SSSR count). The number of carbonyl (C=O) groups is 1. The Morgan fingerprint density at radius 2 is 2.28 bits per heavy atom. The summed E-state index contributed by atoms with van der Waals surface area (Å²) in [6.07, 6.45) is 1.04. The molecule has 0 saturated carbocycles. The zero-order chi connectivity index (χ0) is 13.0. The molecule has 0 aromatic rings. The number of ether oxygens (including phenoxy) is 2. The van der Waals surface area contributed by atoms with Crippen molar-refractivity contribution in [1.82, 2.24) is 5.32 Å². The van der Waals surface area contributed by atoms with E-state index in [0.29, 0.717) is 19.8 Å². The number of hydrogen-bond acceptors (Lipinski definition) is 6. The van der Waals surface area contributed by atoms with E-state index in [1.165, 1.54) is 0 Å². The first-order valence-electron chi connectivity index (χ1n) is 6.22. The molecular formula is C11H19NO5S. The Hall–Kier alpha value is -0.660. The zero-order valence-corrected chi connectivity index (χ0v) is 11.1. The van der Waals surface area contributed by atoms with Gasteiger partial charge in [-0.1, -0.05) is 0 Å². The molecule has 2 heterocycles. The van der Waals surface area contributed by atoms with E-state index in [-0.39, 0.29) is 35.9 Å². The fourth-order valence-corrected chi connectivity index (χ4v) is 3.63. The van der Waals surface area contributed by atoms with Crippen molar-refractivity contribution in [3.8, 4) is 0 Å². The molecule has 1 N–H and O–H groups in total. The highest BCUT2D eigenvalue weighted by atomic mass is 32.2. The average molecular weight is 277 g/mol. The summed E-state index contributed by atoms with van der Waals surface area (Å²) in [5.41, 5.74) is 0. The molecule has 7 heteroatoms. The lowest BCUT2D eigenvalue weighted by Gasteiger charge is -2.22. The molecule has 2 aliphatic rings.